The van der Waals surface area contributed by atoms with Gasteiger partial charge in [-0.15, -0.1) is 11.3 Å². The summed E-state index contributed by atoms with van der Waals surface area (Å²) in [5, 5.41) is 8.77. The summed E-state index contributed by atoms with van der Waals surface area (Å²) in [6.45, 7) is 1.95. The number of ether oxygens (including phenoxy) is 1. The molecule has 1 amide bonds. The Hall–Kier alpha value is -2.51. The Bertz CT molecular complexity index is 936. The molecule has 6 nitrogen and oxygen atoms in total. The molecule has 1 aliphatic heterocycles. The number of unbranched alkanes of at least 4 members (excludes halogenated alkanes) is 2. The zero-order valence-electron chi connectivity index (χ0n) is 19.3. The number of nitrogens with zero attached hydrogens (tertiary/aromatic N) is 1. The van der Waals surface area contributed by atoms with Gasteiger partial charge in [0.2, 0.25) is 5.91 Å². The van der Waals surface area contributed by atoms with Crippen molar-refractivity contribution < 1.29 is 24.2 Å². The minimum Gasteiger partial charge on any atom is -0.459 e. The lowest BCUT2D eigenvalue weighted by Crippen LogP contribution is -2.32. The Morgan fingerprint density at radius 3 is 2.64 bits per heavy atom. The van der Waals surface area contributed by atoms with Gasteiger partial charge in [-0.05, 0) is 68.5 Å². The van der Waals surface area contributed by atoms with Gasteiger partial charge >= 0.3 is 5.97 Å². The van der Waals surface area contributed by atoms with Gasteiger partial charge in [0, 0.05) is 35.0 Å². The Kier molecular flexibility index (Phi) is 9.63. The number of benzene rings is 1. The predicted molar refractivity (Wildman–Crippen MR) is 130 cm³/mol. The molecule has 1 aliphatic rings. The zero-order chi connectivity index (χ0) is 23.6. The molecule has 1 saturated heterocycles. The van der Waals surface area contributed by atoms with E-state index in [0.29, 0.717) is 23.3 Å². The van der Waals surface area contributed by atoms with E-state index in [2.05, 4.69) is 6.92 Å². The van der Waals surface area contributed by atoms with Crippen molar-refractivity contribution in [1.29, 1.82) is 0 Å². The van der Waals surface area contributed by atoms with E-state index < -0.39 is 5.97 Å². The lowest BCUT2D eigenvalue weighted by Gasteiger charge is -2.25. The topological polar surface area (TPSA) is 83.9 Å². The number of Topliss-reactive ketones (excluding diaryl/α,β-unsaturated/α-hetero) is 1. The minimum absolute atomic E-state index is 0.00556. The van der Waals surface area contributed by atoms with Crippen molar-refractivity contribution in [1.82, 2.24) is 0 Å². The summed E-state index contributed by atoms with van der Waals surface area (Å²) in [6.07, 6.45) is 7.65. The Labute approximate surface area is 199 Å². The highest BCUT2D eigenvalue weighted by atomic mass is 32.1. The zero-order valence-corrected chi connectivity index (χ0v) is 20.1. The number of rotatable bonds is 13. The first kappa shape index (κ1) is 25.1. The van der Waals surface area contributed by atoms with Crippen molar-refractivity contribution in [3.8, 4) is 0 Å². The second kappa shape index (κ2) is 12.7. The Morgan fingerprint density at radius 2 is 1.91 bits per heavy atom. The van der Waals surface area contributed by atoms with E-state index in [9.17, 15) is 14.4 Å². The molecule has 3 rings (SSSR count). The first-order valence-corrected chi connectivity index (χ1v) is 12.7. The average Bonchev–Trinajstić information content (AvgIpc) is 3.44. The Morgan fingerprint density at radius 1 is 1.12 bits per heavy atom. The number of carbonyl (C=O) groups excluding carboxylic acids is 3. The molecule has 33 heavy (non-hydrogen) atoms. The van der Waals surface area contributed by atoms with Gasteiger partial charge in [0.05, 0.1) is 6.61 Å². The van der Waals surface area contributed by atoms with Gasteiger partial charge in [0.1, 0.15) is 11.5 Å². The third-order valence-corrected chi connectivity index (χ3v) is 7.07. The first-order valence-electron chi connectivity index (χ1n) is 11.9. The molecule has 0 radical (unpaired) electrons. The van der Waals surface area contributed by atoms with E-state index in [1.54, 1.807) is 6.07 Å². The largest absolute Gasteiger partial charge is 0.459 e. The molecule has 0 spiro atoms. The summed E-state index contributed by atoms with van der Waals surface area (Å²) in [6, 6.07) is 11.3. The summed E-state index contributed by atoms with van der Waals surface area (Å²) in [7, 11) is 0. The summed E-state index contributed by atoms with van der Waals surface area (Å²) < 4.78 is 4.95. The molecule has 7 heteroatoms. The fourth-order valence-corrected chi connectivity index (χ4v) is 5.15. The van der Waals surface area contributed by atoms with E-state index in [1.165, 1.54) is 11.3 Å². The molecule has 0 aliphatic carbocycles. The minimum atomic E-state index is -0.403. The fraction of sp³-hybridized carbons (Fsp3) is 0.500. The van der Waals surface area contributed by atoms with Gasteiger partial charge in [0.15, 0.2) is 5.78 Å². The van der Waals surface area contributed by atoms with Gasteiger partial charge in [-0.1, -0.05) is 19.8 Å². The lowest BCUT2D eigenvalue weighted by molar-refractivity contribution is -0.117. The predicted octanol–water partition coefficient (Wildman–Crippen LogP) is 5.18. The Balaban J connectivity index is 1.53. The SMILES string of the molecule is CCCCCC(=O)c1ccc(N2C(=O)CC[C@@H]2CCCc2ccc(C(=O)OCCO)s2)cc1. The average molecular weight is 472 g/mol. The van der Waals surface area contributed by atoms with E-state index in [-0.39, 0.29) is 30.9 Å². The van der Waals surface area contributed by atoms with Crippen LogP contribution in [0, 0.1) is 0 Å². The standard InChI is InChI=1S/C26H33NO5S/c1-2-3-4-8-23(29)19-9-11-21(12-10-19)27-20(13-16-25(27)30)6-5-7-22-14-15-24(33-22)26(31)32-18-17-28/h9-12,14-15,20,28H,2-8,13,16-18H2,1H3/t20-/m0/s1. The molecular formula is C26H33NO5S. The van der Waals surface area contributed by atoms with Crippen molar-refractivity contribution >= 4 is 34.7 Å². The number of aryl methyl sites for hydroxylation is 1. The summed E-state index contributed by atoms with van der Waals surface area (Å²) in [5.41, 5.74) is 1.57. The molecule has 0 saturated carbocycles. The summed E-state index contributed by atoms with van der Waals surface area (Å²) in [4.78, 5) is 40.3. The number of hydrogen-bond acceptors (Lipinski definition) is 6. The van der Waals surface area contributed by atoms with Crippen molar-refractivity contribution in [3.63, 3.8) is 0 Å². The van der Waals surface area contributed by atoms with Crippen LogP contribution in [-0.4, -0.2) is 42.0 Å². The summed E-state index contributed by atoms with van der Waals surface area (Å²) in [5.74, 6) is -0.109. The molecular weight excluding hydrogens is 438 g/mol. The van der Waals surface area contributed by atoms with Crippen molar-refractivity contribution in [2.75, 3.05) is 18.1 Å². The van der Waals surface area contributed by atoms with Crippen LogP contribution in [0.15, 0.2) is 36.4 Å². The van der Waals surface area contributed by atoms with E-state index >= 15 is 0 Å². The highest BCUT2D eigenvalue weighted by Crippen LogP contribution is 2.30. The van der Waals surface area contributed by atoms with Crippen LogP contribution in [0.1, 0.15) is 83.2 Å². The van der Waals surface area contributed by atoms with Gasteiger partial charge in [-0.25, -0.2) is 4.79 Å². The van der Waals surface area contributed by atoms with Crippen LogP contribution in [0.25, 0.3) is 0 Å². The number of esters is 1. The van der Waals surface area contributed by atoms with Crippen LogP contribution in [0.3, 0.4) is 0 Å². The highest BCUT2D eigenvalue weighted by molar-refractivity contribution is 7.13. The molecule has 2 aromatic rings. The maximum Gasteiger partial charge on any atom is 0.348 e. The van der Waals surface area contributed by atoms with Crippen molar-refractivity contribution in [2.24, 2.45) is 0 Å². The molecule has 1 aromatic heterocycles. The molecule has 0 unspecified atom stereocenters. The molecule has 1 atom stereocenters. The van der Waals surface area contributed by atoms with Gasteiger partial charge in [-0.3, -0.25) is 9.59 Å². The van der Waals surface area contributed by atoms with Gasteiger partial charge < -0.3 is 14.7 Å². The number of anilines is 1. The lowest BCUT2D eigenvalue weighted by atomic mass is 10.0. The second-order valence-corrected chi connectivity index (χ2v) is 9.57. The van der Waals surface area contributed by atoms with E-state index in [4.69, 9.17) is 9.84 Å². The third kappa shape index (κ3) is 6.98. The molecule has 1 fully saturated rings. The monoisotopic (exact) mass is 471 g/mol. The number of ketones is 1. The number of amides is 1. The number of carbonyl (C=O) groups is 3. The van der Waals surface area contributed by atoms with Gasteiger partial charge in [-0.2, -0.15) is 0 Å². The smallest absolute Gasteiger partial charge is 0.348 e. The molecule has 178 valence electrons. The van der Waals surface area contributed by atoms with Crippen LogP contribution in [0.5, 0.6) is 0 Å². The van der Waals surface area contributed by atoms with E-state index in [0.717, 1.165) is 55.5 Å². The number of hydrogen-bond donors (Lipinski definition) is 1. The highest BCUT2D eigenvalue weighted by Gasteiger charge is 2.31. The number of aliphatic hydroxyl groups is 1. The second-order valence-electron chi connectivity index (χ2n) is 8.40. The van der Waals surface area contributed by atoms with Crippen LogP contribution in [0.2, 0.25) is 0 Å². The molecule has 2 heterocycles. The summed E-state index contributed by atoms with van der Waals surface area (Å²) >= 11 is 1.41. The maximum absolute atomic E-state index is 12.6. The van der Waals surface area contributed by atoms with Crippen LogP contribution >= 0.6 is 11.3 Å². The molecule has 1 aromatic carbocycles. The normalized spacial score (nSPS) is 15.8. The van der Waals surface area contributed by atoms with Crippen molar-refractivity contribution in [3.05, 3.63) is 51.7 Å². The van der Waals surface area contributed by atoms with Crippen LogP contribution < -0.4 is 4.90 Å². The third-order valence-electron chi connectivity index (χ3n) is 5.95. The number of thiophene rings is 1. The van der Waals surface area contributed by atoms with Crippen LogP contribution in [0.4, 0.5) is 5.69 Å². The first-order chi connectivity index (χ1) is 16.0. The quantitative estimate of drug-likeness (QED) is 0.247. The van der Waals surface area contributed by atoms with Crippen molar-refractivity contribution in [2.45, 2.75) is 70.8 Å². The molecule has 0 bridgehead atoms. The van der Waals surface area contributed by atoms with Crippen LogP contribution in [-0.2, 0) is 16.0 Å². The van der Waals surface area contributed by atoms with E-state index in [1.807, 2.05) is 35.2 Å². The fourth-order valence-electron chi connectivity index (χ4n) is 4.20. The molecule has 1 N–H and O–H groups in total. The maximum atomic E-state index is 12.6. The number of aliphatic hydroxyl groups excluding tert-OH is 1. The van der Waals surface area contributed by atoms with Gasteiger partial charge in [0.25, 0.3) is 0 Å².